The summed E-state index contributed by atoms with van der Waals surface area (Å²) in [7, 11) is 1.64. The van der Waals surface area contributed by atoms with Crippen molar-refractivity contribution < 1.29 is 9.84 Å². The molecular formula is C11H16O2. The molecule has 0 heterocycles. The first-order valence-corrected chi connectivity index (χ1v) is 4.61. The SMILES string of the molecule is CCc1cc(OC)cc(CC)c1O. The lowest BCUT2D eigenvalue weighted by Gasteiger charge is -2.09. The minimum absolute atomic E-state index is 0.422. The molecule has 0 radical (unpaired) electrons. The summed E-state index contributed by atoms with van der Waals surface area (Å²) in [6, 6.07) is 3.77. The van der Waals surface area contributed by atoms with Crippen molar-refractivity contribution in [2.24, 2.45) is 0 Å². The number of aromatic hydroxyl groups is 1. The maximum Gasteiger partial charge on any atom is 0.122 e. The molecule has 2 heteroatoms. The first-order chi connectivity index (χ1) is 6.22. The zero-order valence-electron chi connectivity index (χ0n) is 8.42. The van der Waals surface area contributed by atoms with E-state index >= 15 is 0 Å². The summed E-state index contributed by atoms with van der Waals surface area (Å²) in [4.78, 5) is 0. The molecular weight excluding hydrogens is 164 g/mol. The number of methoxy groups -OCH3 is 1. The van der Waals surface area contributed by atoms with E-state index in [0.29, 0.717) is 5.75 Å². The quantitative estimate of drug-likeness (QED) is 0.774. The van der Waals surface area contributed by atoms with Crippen LogP contribution < -0.4 is 4.74 Å². The maximum absolute atomic E-state index is 9.75. The van der Waals surface area contributed by atoms with Crippen LogP contribution in [-0.2, 0) is 12.8 Å². The Hall–Kier alpha value is -1.18. The molecule has 72 valence electrons. The smallest absolute Gasteiger partial charge is 0.122 e. The Labute approximate surface area is 79.2 Å². The molecule has 0 bridgehead atoms. The molecule has 0 aromatic heterocycles. The topological polar surface area (TPSA) is 29.5 Å². The molecule has 0 amide bonds. The molecule has 1 aromatic carbocycles. The Kier molecular flexibility index (Phi) is 3.18. The number of hydrogen-bond donors (Lipinski definition) is 1. The summed E-state index contributed by atoms with van der Waals surface area (Å²) in [5.74, 6) is 1.25. The zero-order chi connectivity index (χ0) is 9.84. The van der Waals surface area contributed by atoms with Crippen molar-refractivity contribution in [1.29, 1.82) is 0 Å². The van der Waals surface area contributed by atoms with Gasteiger partial charge in [0.15, 0.2) is 0 Å². The molecule has 0 unspecified atom stereocenters. The van der Waals surface area contributed by atoms with Crippen molar-refractivity contribution in [2.45, 2.75) is 26.7 Å². The normalized spacial score (nSPS) is 10.1. The van der Waals surface area contributed by atoms with Crippen molar-refractivity contribution in [1.82, 2.24) is 0 Å². The molecule has 1 rings (SSSR count). The van der Waals surface area contributed by atoms with E-state index in [0.717, 1.165) is 29.7 Å². The second-order valence-corrected chi connectivity index (χ2v) is 3.00. The number of hydrogen-bond acceptors (Lipinski definition) is 2. The average Bonchev–Trinajstić information content (AvgIpc) is 2.18. The number of aryl methyl sites for hydroxylation is 2. The van der Waals surface area contributed by atoms with Gasteiger partial charge in [-0.1, -0.05) is 13.8 Å². The highest BCUT2D eigenvalue weighted by Gasteiger charge is 2.07. The second kappa shape index (κ2) is 4.17. The third-order valence-electron chi connectivity index (χ3n) is 2.24. The number of ether oxygens (including phenoxy) is 1. The summed E-state index contributed by atoms with van der Waals surface area (Å²) < 4.78 is 5.14. The number of phenolic OH excluding ortho intramolecular Hbond substituents is 1. The highest BCUT2D eigenvalue weighted by Crippen LogP contribution is 2.28. The molecule has 0 aliphatic carbocycles. The molecule has 0 spiro atoms. The van der Waals surface area contributed by atoms with Gasteiger partial charge in [0.2, 0.25) is 0 Å². The van der Waals surface area contributed by atoms with Gasteiger partial charge in [-0.2, -0.15) is 0 Å². The lowest BCUT2D eigenvalue weighted by molar-refractivity contribution is 0.409. The minimum Gasteiger partial charge on any atom is -0.507 e. The van der Waals surface area contributed by atoms with Gasteiger partial charge < -0.3 is 9.84 Å². The Morgan fingerprint density at radius 1 is 1.15 bits per heavy atom. The number of benzene rings is 1. The Morgan fingerprint density at radius 3 is 1.92 bits per heavy atom. The van der Waals surface area contributed by atoms with Crippen LogP contribution in [0.1, 0.15) is 25.0 Å². The molecule has 1 N–H and O–H groups in total. The Morgan fingerprint density at radius 2 is 1.62 bits per heavy atom. The van der Waals surface area contributed by atoms with E-state index in [9.17, 15) is 5.11 Å². The maximum atomic E-state index is 9.75. The van der Waals surface area contributed by atoms with Gasteiger partial charge in [0.1, 0.15) is 11.5 Å². The van der Waals surface area contributed by atoms with Gasteiger partial charge in [-0.15, -0.1) is 0 Å². The summed E-state index contributed by atoms with van der Waals surface area (Å²) in [5.41, 5.74) is 1.91. The van der Waals surface area contributed by atoms with Crippen LogP contribution in [-0.4, -0.2) is 12.2 Å². The average molecular weight is 180 g/mol. The van der Waals surface area contributed by atoms with E-state index in [4.69, 9.17) is 4.74 Å². The Balaban J connectivity index is 3.20. The van der Waals surface area contributed by atoms with Gasteiger partial charge in [-0.25, -0.2) is 0 Å². The van der Waals surface area contributed by atoms with Crippen LogP contribution in [0.5, 0.6) is 11.5 Å². The molecule has 0 atom stereocenters. The number of phenols is 1. The van der Waals surface area contributed by atoms with Gasteiger partial charge in [-0.05, 0) is 36.1 Å². The van der Waals surface area contributed by atoms with E-state index in [1.165, 1.54) is 0 Å². The molecule has 0 saturated heterocycles. The summed E-state index contributed by atoms with van der Waals surface area (Å²) in [6.45, 7) is 4.04. The lowest BCUT2D eigenvalue weighted by atomic mass is 10.0. The van der Waals surface area contributed by atoms with Crippen molar-refractivity contribution >= 4 is 0 Å². The van der Waals surface area contributed by atoms with E-state index in [1.54, 1.807) is 7.11 Å². The molecule has 0 aliphatic heterocycles. The fraction of sp³-hybridized carbons (Fsp3) is 0.455. The third kappa shape index (κ3) is 1.94. The zero-order valence-corrected chi connectivity index (χ0v) is 8.42. The second-order valence-electron chi connectivity index (χ2n) is 3.00. The van der Waals surface area contributed by atoms with Crippen molar-refractivity contribution in [3.05, 3.63) is 23.3 Å². The first-order valence-electron chi connectivity index (χ1n) is 4.61. The molecule has 1 aromatic rings. The van der Waals surface area contributed by atoms with Crippen LogP contribution in [0.4, 0.5) is 0 Å². The fourth-order valence-corrected chi connectivity index (χ4v) is 1.38. The van der Waals surface area contributed by atoms with Gasteiger partial charge >= 0.3 is 0 Å². The molecule has 0 fully saturated rings. The monoisotopic (exact) mass is 180 g/mol. The van der Waals surface area contributed by atoms with Crippen molar-refractivity contribution in [2.75, 3.05) is 7.11 Å². The van der Waals surface area contributed by atoms with Gasteiger partial charge in [0.05, 0.1) is 7.11 Å². The predicted molar refractivity (Wildman–Crippen MR) is 53.4 cm³/mol. The summed E-state index contributed by atoms with van der Waals surface area (Å²) in [6.07, 6.45) is 1.66. The third-order valence-corrected chi connectivity index (χ3v) is 2.24. The lowest BCUT2D eigenvalue weighted by Crippen LogP contribution is -1.92. The molecule has 0 aliphatic rings. The highest BCUT2D eigenvalue weighted by atomic mass is 16.5. The fourth-order valence-electron chi connectivity index (χ4n) is 1.38. The standard InChI is InChI=1S/C11H16O2/c1-4-8-6-10(13-3)7-9(5-2)11(8)12/h6-7,12H,4-5H2,1-3H3. The van der Waals surface area contributed by atoms with Crippen LogP contribution in [0.15, 0.2) is 12.1 Å². The summed E-state index contributed by atoms with van der Waals surface area (Å²) >= 11 is 0. The van der Waals surface area contributed by atoms with E-state index in [1.807, 2.05) is 26.0 Å². The molecule has 0 saturated carbocycles. The van der Waals surface area contributed by atoms with E-state index < -0.39 is 0 Å². The van der Waals surface area contributed by atoms with Crippen LogP contribution in [0.2, 0.25) is 0 Å². The summed E-state index contributed by atoms with van der Waals surface area (Å²) in [5, 5.41) is 9.75. The van der Waals surface area contributed by atoms with E-state index in [-0.39, 0.29) is 0 Å². The predicted octanol–water partition coefficient (Wildman–Crippen LogP) is 2.53. The largest absolute Gasteiger partial charge is 0.507 e. The molecule has 2 nitrogen and oxygen atoms in total. The van der Waals surface area contributed by atoms with Gasteiger partial charge in [0, 0.05) is 0 Å². The first kappa shape index (κ1) is 9.90. The van der Waals surface area contributed by atoms with E-state index in [2.05, 4.69) is 0 Å². The van der Waals surface area contributed by atoms with Gasteiger partial charge in [-0.3, -0.25) is 0 Å². The molecule has 13 heavy (non-hydrogen) atoms. The van der Waals surface area contributed by atoms with Crippen LogP contribution >= 0.6 is 0 Å². The number of rotatable bonds is 3. The van der Waals surface area contributed by atoms with Crippen LogP contribution in [0.25, 0.3) is 0 Å². The Bertz CT molecular complexity index is 267. The van der Waals surface area contributed by atoms with Crippen molar-refractivity contribution in [3.8, 4) is 11.5 Å². The van der Waals surface area contributed by atoms with Crippen molar-refractivity contribution in [3.63, 3.8) is 0 Å². The van der Waals surface area contributed by atoms with Gasteiger partial charge in [0.25, 0.3) is 0 Å². The van der Waals surface area contributed by atoms with Crippen LogP contribution in [0, 0.1) is 0 Å². The minimum atomic E-state index is 0.422. The van der Waals surface area contributed by atoms with Crippen LogP contribution in [0.3, 0.4) is 0 Å². The highest BCUT2D eigenvalue weighted by molar-refractivity contribution is 5.46.